The summed E-state index contributed by atoms with van der Waals surface area (Å²) >= 11 is 0. The average Bonchev–Trinajstić information content (AvgIpc) is 2.56. The van der Waals surface area contributed by atoms with E-state index in [1.54, 1.807) is 0 Å². The molecule has 0 N–H and O–H groups in total. The van der Waals surface area contributed by atoms with E-state index in [1.807, 2.05) is 0 Å². The van der Waals surface area contributed by atoms with Crippen molar-refractivity contribution in [1.29, 1.82) is 0 Å². The third-order valence-corrected chi connectivity index (χ3v) is 4.37. The van der Waals surface area contributed by atoms with Crippen LogP contribution in [0.2, 0.25) is 0 Å². The Morgan fingerprint density at radius 2 is 1.83 bits per heavy atom. The molecule has 0 bridgehead atoms. The van der Waals surface area contributed by atoms with Crippen LogP contribution in [0, 0.1) is 13.8 Å². The molecule has 0 saturated carbocycles. The van der Waals surface area contributed by atoms with Crippen molar-refractivity contribution in [2.75, 3.05) is 29.4 Å². The van der Waals surface area contributed by atoms with Crippen LogP contribution in [0.1, 0.15) is 37.4 Å². The summed E-state index contributed by atoms with van der Waals surface area (Å²) in [5, 5.41) is 0. The van der Waals surface area contributed by atoms with Gasteiger partial charge in [-0.15, -0.1) is 0 Å². The molecule has 2 heterocycles. The van der Waals surface area contributed by atoms with Crippen LogP contribution in [-0.4, -0.2) is 29.6 Å². The minimum Gasteiger partial charge on any atom is -0.341 e. The smallest absolute Gasteiger partial charge is 0.227 e. The van der Waals surface area contributed by atoms with Crippen LogP contribution < -0.4 is 9.80 Å². The molecule has 4 heteroatoms. The highest BCUT2D eigenvalue weighted by atomic mass is 15.3. The summed E-state index contributed by atoms with van der Waals surface area (Å²) in [4.78, 5) is 14.1. The SMILES string of the molecule is CCN(c1cccc(C)c1)c1cc(C)nc(N2CCCCC2)n1. The van der Waals surface area contributed by atoms with Gasteiger partial charge in [-0.05, 0) is 57.7 Å². The second kappa shape index (κ2) is 6.99. The van der Waals surface area contributed by atoms with Gasteiger partial charge >= 0.3 is 0 Å². The zero-order chi connectivity index (χ0) is 16.2. The first-order valence-corrected chi connectivity index (χ1v) is 8.62. The highest BCUT2D eigenvalue weighted by molar-refractivity contribution is 5.62. The summed E-state index contributed by atoms with van der Waals surface area (Å²) < 4.78 is 0. The van der Waals surface area contributed by atoms with Crippen LogP contribution >= 0.6 is 0 Å². The van der Waals surface area contributed by atoms with Gasteiger partial charge in [-0.1, -0.05) is 12.1 Å². The van der Waals surface area contributed by atoms with E-state index in [1.165, 1.54) is 30.5 Å². The Morgan fingerprint density at radius 3 is 2.52 bits per heavy atom. The number of aromatic nitrogens is 2. The number of hydrogen-bond acceptors (Lipinski definition) is 4. The first-order valence-electron chi connectivity index (χ1n) is 8.62. The van der Waals surface area contributed by atoms with Crippen LogP contribution in [0.5, 0.6) is 0 Å². The van der Waals surface area contributed by atoms with Crippen molar-refractivity contribution in [3.05, 3.63) is 41.6 Å². The average molecular weight is 310 g/mol. The van der Waals surface area contributed by atoms with E-state index in [2.05, 4.69) is 65.9 Å². The van der Waals surface area contributed by atoms with Gasteiger partial charge in [-0.3, -0.25) is 0 Å². The highest BCUT2D eigenvalue weighted by Crippen LogP contribution is 2.27. The number of piperidine rings is 1. The Labute approximate surface area is 139 Å². The Hall–Kier alpha value is -2.10. The van der Waals surface area contributed by atoms with Crippen LogP contribution in [-0.2, 0) is 0 Å². The highest BCUT2D eigenvalue weighted by Gasteiger charge is 2.17. The third kappa shape index (κ3) is 3.63. The summed E-state index contributed by atoms with van der Waals surface area (Å²) in [6.45, 7) is 9.38. The van der Waals surface area contributed by atoms with E-state index in [-0.39, 0.29) is 0 Å². The van der Waals surface area contributed by atoms with Crippen molar-refractivity contribution in [3.63, 3.8) is 0 Å². The molecule has 1 fully saturated rings. The molecule has 4 nitrogen and oxygen atoms in total. The standard InChI is InChI=1S/C19H26N4/c1-4-23(17-10-8-9-15(2)13-17)18-14-16(3)20-19(21-18)22-11-6-5-7-12-22/h8-10,13-14H,4-7,11-12H2,1-3H3. The van der Waals surface area contributed by atoms with Gasteiger partial charge in [0, 0.05) is 37.1 Å². The van der Waals surface area contributed by atoms with E-state index in [9.17, 15) is 0 Å². The van der Waals surface area contributed by atoms with E-state index >= 15 is 0 Å². The zero-order valence-electron chi connectivity index (χ0n) is 14.4. The number of hydrogen-bond donors (Lipinski definition) is 0. The lowest BCUT2D eigenvalue weighted by atomic mass is 10.1. The first-order chi connectivity index (χ1) is 11.2. The van der Waals surface area contributed by atoms with Crippen molar-refractivity contribution in [3.8, 4) is 0 Å². The summed E-state index contributed by atoms with van der Waals surface area (Å²) in [5.74, 6) is 1.87. The normalized spacial score (nSPS) is 14.8. The lowest BCUT2D eigenvalue weighted by Gasteiger charge is -2.29. The predicted molar refractivity (Wildman–Crippen MR) is 96.7 cm³/mol. The van der Waals surface area contributed by atoms with Crippen LogP contribution in [0.4, 0.5) is 17.5 Å². The Morgan fingerprint density at radius 1 is 1.04 bits per heavy atom. The third-order valence-electron chi connectivity index (χ3n) is 4.37. The maximum atomic E-state index is 4.88. The summed E-state index contributed by atoms with van der Waals surface area (Å²) in [7, 11) is 0. The molecule has 3 rings (SSSR count). The fourth-order valence-electron chi connectivity index (χ4n) is 3.18. The van der Waals surface area contributed by atoms with E-state index in [4.69, 9.17) is 4.98 Å². The number of nitrogens with zero attached hydrogens (tertiary/aromatic N) is 4. The van der Waals surface area contributed by atoms with Crippen molar-refractivity contribution in [1.82, 2.24) is 9.97 Å². The fraction of sp³-hybridized carbons (Fsp3) is 0.474. The minimum atomic E-state index is 0.880. The molecule has 0 spiro atoms. The number of benzene rings is 1. The zero-order valence-corrected chi connectivity index (χ0v) is 14.4. The maximum absolute atomic E-state index is 4.88. The van der Waals surface area contributed by atoms with E-state index in [0.717, 1.165) is 37.1 Å². The molecule has 0 aliphatic carbocycles. The van der Waals surface area contributed by atoms with Gasteiger partial charge < -0.3 is 9.80 Å². The quantitative estimate of drug-likeness (QED) is 0.845. The van der Waals surface area contributed by atoms with Gasteiger partial charge in [-0.2, -0.15) is 4.98 Å². The van der Waals surface area contributed by atoms with Gasteiger partial charge in [0.1, 0.15) is 5.82 Å². The van der Waals surface area contributed by atoms with Gasteiger partial charge in [0.15, 0.2) is 0 Å². The first kappa shape index (κ1) is 15.8. The molecule has 1 saturated heterocycles. The van der Waals surface area contributed by atoms with Crippen molar-refractivity contribution in [2.45, 2.75) is 40.0 Å². The van der Waals surface area contributed by atoms with E-state index in [0.29, 0.717) is 0 Å². The fourth-order valence-corrected chi connectivity index (χ4v) is 3.18. The minimum absolute atomic E-state index is 0.880. The summed E-state index contributed by atoms with van der Waals surface area (Å²) in [6, 6.07) is 10.7. The van der Waals surface area contributed by atoms with Gasteiger partial charge in [0.05, 0.1) is 0 Å². The molecule has 1 aromatic carbocycles. The molecule has 0 amide bonds. The molecule has 1 aromatic heterocycles. The van der Waals surface area contributed by atoms with Crippen molar-refractivity contribution >= 4 is 17.5 Å². The Balaban J connectivity index is 1.95. The monoisotopic (exact) mass is 310 g/mol. The van der Waals surface area contributed by atoms with Gasteiger partial charge in [-0.25, -0.2) is 4.98 Å². The Bertz CT molecular complexity index is 662. The number of aryl methyl sites for hydroxylation is 2. The van der Waals surface area contributed by atoms with Crippen LogP contribution in [0.15, 0.2) is 30.3 Å². The lowest BCUT2D eigenvalue weighted by Crippen LogP contribution is -2.31. The van der Waals surface area contributed by atoms with Crippen LogP contribution in [0.3, 0.4) is 0 Å². The Kier molecular flexibility index (Phi) is 4.79. The second-order valence-electron chi connectivity index (χ2n) is 6.30. The summed E-state index contributed by atoms with van der Waals surface area (Å²) in [6.07, 6.45) is 3.80. The molecule has 0 unspecified atom stereocenters. The largest absolute Gasteiger partial charge is 0.341 e. The molecule has 0 atom stereocenters. The number of anilines is 3. The van der Waals surface area contributed by atoms with Crippen LogP contribution in [0.25, 0.3) is 0 Å². The van der Waals surface area contributed by atoms with Gasteiger partial charge in [0.25, 0.3) is 0 Å². The maximum Gasteiger partial charge on any atom is 0.227 e. The van der Waals surface area contributed by atoms with Crippen molar-refractivity contribution < 1.29 is 0 Å². The molecule has 122 valence electrons. The van der Waals surface area contributed by atoms with Gasteiger partial charge in [0.2, 0.25) is 5.95 Å². The van der Waals surface area contributed by atoms with Crippen molar-refractivity contribution in [2.24, 2.45) is 0 Å². The lowest BCUT2D eigenvalue weighted by molar-refractivity contribution is 0.567. The molecular weight excluding hydrogens is 284 g/mol. The predicted octanol–water partition coefficient (Wildman–Crippen LogP) is 4.24. The molecule has 1 aliphatic rings. The second-order valence-corrected chi connectivity index (χ2v) is 6.30. The summed E-state index contributed by atoms with van der Waals surface area (Å²) in [5.41, 5.74) is 3.49. The molecule has 2 aromatic rings. The molecule has 1 aliphatic heterocycles. The molecular formula is C19H26N4. The molecule has 0 radical (unpaired) electrons. The number of rotatable bonds is 4. The molecule has 23 heavy (non-hydrogen) atoms. The van der Waals surface area contributed by atoms with E-state index < -0.39 is 0 Å². The topological polar surface area (TPSA) is 32.3 Å².